The van der Waals surface area contributed by atoms with Crippen LogP contribution in [0, 0.1) is 0 Å². The summed E-state index contributed by atoms with van der Waals surface area (Å²) in [6.45, 7) is 0. The summed E-state index contributed by atoms with van der Waals surface area (Å²) >= 11 is 8.72. The normalized spacial score (nSPS) is 22.4. The van der Waals surface area contributed by atoms with Gasteiger partial charge in [0, 0.05) is 27.0 Å². The van der Waals surface area contributed by atoms with Gasteiger partial charge in [0.15, 0.2) is 0 Å². The molecule has 0 spiro atoms. The van der Waals surface area contributed by atoms with Crippen molar-refractivity contribution in [3.63, 3.8) is 0 Å². The van der Waals surface area contributed by atoms with E-state index >= 15 is 0 Å². The van der Waals surface area contributed by atoms with Crippen molar-refractivity contribution in [2.24, 2.45) is 5.73 Å². The molecule has 1 aliphatic rings. The van der Waals surface area contributed by atoms with E-state index < -0.39 is 0 Å². The van der Waals surface area contributed by atoms with Crippen LogP contribution in [0.25, 0.3) is 0 Å². The number of benzene rings is 1. The molecule has 0 bridgehead atoms. The van der Waals surface area contributed by atoms with Gasteiger partial charge in [-0.3, -0.25) is 0 Å². The van der Waals surface area contributed by atoms with Crippen molar-refractivity contribution >= 4 is 43.2 Å². The second-order valence-electron chi connectivity index (χ2n) is 4.26. The van der Waals surface area contributed by atoms with Crippen LogP contribution in [0.3, 0.4) is 0 Å². The Morgan fingerprint density at radius 2 is 2.11 bits per heavy atom. The van der Waals surface area contributed by atoms with E-state index in [9.17, 15) is 0 Å². The molecule has 2 N–H and O–H groups in total. The summed E-state index contributed by atoms with van der Waals surface area (Å²) in [6, 6.07) is 8.07. The van der Waals surface area contributed by atoms with Gasteiger partial charge in [-0.05, 0) is 45.6 Å². The van der Waals surface area contributed by atoms with E-state index in [0.29, 0.717) is 0 Å². The van der Waals surface area contributed by atoms with E-state index in [2.05, 4.69) is 37.2 Å². The van der Waals surface area contributed by atoms with Gasteiger partial charge in [-0.2, -0.15) is 0 Å². The molecule has 0 amide bonds. The Labute approximate surface area is 126 Å². The molecule has 0 radical (unpaired) electrons. The highest BCUT2D eigenvalue weighted by atomic mass is 79.9. The van der Waals surface area contributed by atoms with Crippen molar-refractivity contribution in [2.45, 2.75) is 18.6 Å². The van der Waals surface area contributed by atoms with Gasteiger partial charge in [0.05, 0.1) is 4.88 Å². The van der Waals surface area contributed by atoms with E-state index in [-0.39, 0.29) is 12.1 Å². The Kier molecular flexibility index (Phi) is 3.49. The quantitative estimate of drug-likeness (QED) is 0.761. The molecular weight excluding hydrogens is 378 g/mol. The molecule has 1 unspecified atom stereocenters. The predicted molar refractivity (Wildman–Crippen MR) is 81.1 cm³/mol. The van der Waals surface area contributed by atoms with Gasteiger partial charge in [0.2, 0.25) is 0 Å². The van der Waals surface area contributed by atoms with Crippen molar-refractivity contribution < 1.29 is 4.74 Å². The summed E-state index contributed by atoms with van der Waals surface area (Å²) in [7, 11) is 0. The lowest BCUT2D eigenvalue weighted by atomic mass is 9.97. The van der Waals surface area contributed by atoms with Gasteiger partial charge < -0.3 is 10.5 Å². The highest BCUT2D eigenvalue weighted by Gasteiger charge is 2.29. The number of ether oxygens (including phenoxy) is 1. The number of rotatable bonds is 1. The summed E-state index contributed by atoms with van der Waals surface area (Å²) in [6.07, 6.45) is 0.853. The Morgan fingerprint density at radius 3 is 2.83 bits per heavy atom. The van der Waals surface area contributed by atoms with Crippen LogP contribution in [0.2, 0.25) is 0 Å². The topological polar surface area (TPSA) is 35.2 Å². The summed E-state index contributed by atoms with van der Waals surface area (Å²) in [4.78, 5) is 1.21. The molecule has 5 heteroatoms. The first-order chi connectivity index (χ1) is 8.65. The van der Waals surface area contributed by atoms with Crippen molar-refractivity contribution in [3.05, 3.63) is 49.0 Å². The van der Waals surface area contributed by atoms with Crippen LogP contribution < -0.4 is 10.5 Å². The molecule has 3 rings (SSSR count). The van der Waals surface area contributed by atoms with E-state index in [1.807, 2.05) is 24.3 Å². The fourth-order valence-electron chi connectivity index (χ4n) is 2.17. The van der Waals surface area contributed by atoms with Gasteiger partial charge >= 0.3 is 0 Å². The smallest absolute Gasteiger partial charge is 0.136 e. The summed E-state index contributed by atoms with van der Waals surface area (Å²) < 4.78 is 8.20. The van der Waals surface area contributed by atoms with Gasteiger partial charge in [-0.15, -0.1) is 11.3 Å². The molecule has 1 aromatic heterocycles. The summed E-state index contributed by atoms with van der Waals surface area (Å²) in [5.74, 6) is 0.891. The van der Waals surface area contributed by atoms with Crippen LogP contribution in [-0.2, 0) is 0 Å². The van der Waals surface area contributed by atoms with Gasteiger partial charge in [0.1, 0.15) is 11.9 Å². The highest BCUT2D eigenvalue weighted by molar-refractivity contribution is 9.10. The number of halogens is 2. The Bertz CT molecular complexity index is 584. The molecule has 1 aliphatic heterocycles. The second kappa shape index (κ2) is 4.96. The van der Waals surface area contributed by atoms with Crippen LogP contribution in [0.15, 0.2) is 38.6 Å². The number of fused-ring (bicyclic) bond motifs is 1. The van der Waals surface area contributed by atoms with Crippen molar-refractivity contribution in [1.82, 2.24) is 0 Å². The first kappa shape index (κ1) is 12.7. The zero-order chi connectivity index (χ0) is 12.7. The van der Waals surface area contributed by atoms with E-state index in [0.717, 1.165) is 26.7 Å². The van der Waals surface area contributed by atoms with E-state index in [1.54, 1.807) is 11.3 Å². The molecule has 2 atom stereocenters. The molecule has 0 saturated heterocycles. The van der Waals surface area contributed by atoms with Crippen LogP contribution >= 0.6 is 43.2 Å². The molecule has 2 heterocycles. The molecule has 94 valence electrons. The van der Waals surface area contributed by atoms with Gasteiger partial charge in [0.25, 0.3) is 0 Å². The van der Waals surface area contributed by atoms with Crippen LogP contribution in [-0.4, -0.2) is 0 Å². The third kappa shape index (κ3) is 2.25. The van der Waals surface area contributed by atoms with E-state index in [1.165, 1.54) is 4.88 Å². The van der Waals surface area contributed by atoms with E-state index in [4.69, 9.17) is 10.5 Å². The lowest BCUT2D eigenvalue weighted by Crippen LogP contribution is -2.23. The Hall–Kier alpha value is -0.360. The Balaban J connectivity index is 1.97. The highest BCUT2D eigenvalue weighted by Crippen LogP contribution is 2.43. The SMILES string of the molecule is N[C@@H]1CC(c2sccc2Br)Oc2ccc(Br)cc21. The molecule has 1 aromatic carbocycles. The minimum atomic E-state index is 0.0187. The fourth-order valence-corrected chi connectivity index (χ4v) is 4.22. The molecule has 2 aromatic rings. The molecule has 18 heavy (non-hydrogen) atoms. The monoisotopic (exact) mass is 387 g/mol. The maximum absolute atomic E-state index is 6.25. The molecule has 0 saturated carbocycles. The lowest BCUT2D eigenvalue weighted by Gasteiger charge is -2.30. The average molecular weight is 389 g/mol. The third-order valence-electron chi connectivity index (χ3n) is 3.05. The lowest BCUT2D eigenvalue weighted by molar-refractivity contribution is 0.164. The fraction of sp³-hybridized carbons (Fsp3) is 0.231. The molecule has 0 aliphatic carbocycles. The van der Waals surface area contributed by atoms with Gasteiger partial charge in [-0.25, -0.2) is 0 Å². The molecular formula is C13H11Br2NOS. The van der Waals surface area contributed by atoms with Crippen molar-refractivity contribution in [1.29, 1.82) is 0 Å². The predicted octanol–water partition coefficient (Wildman–Crippen LogP) is 4.80. The minimum Gasteiger partial charge on any atom is -0.484 e. The standard InChI is InChI=1S/C13H11Br2NOS/c14-7-1-2-11-8(5-7)10(16)6-12(17-11)13-9(15)3-4-18-13/h1-5,10,12H,6,16H2/t10-,12?/m1/s1. The first-order valence-electron chi connectivity index (χ1n) is 5.59. The summed E-state index contributed by atoms with van der Waals surface area (Å²) in [5.41, 5.74) is 7.33. The zero-order valence-electron chi connectivity index (χ0n) is 9.40. The zero-order valence-corrected chi connectivity index (χ0v) is 13.4. The van der Waals surface area contributed by atoms with Crippen LogP contribution in [0.4, 0.5) is 0 Å². The van der Waals surface area contributed by atoms with Crippen LogP contribution in [0.1, 0.15) is 29.0 Å². The largest absolute Gasteiger partial charge is 0.484 e. The second-order valence-corrected chi connectivity index (χ2v) is 6.98. The maximum Gasteiger partial charge on any atom is 0.136 e. The van der Waals surface area contributed by atoms with Gasteiger partial charge in [-0.1, -0.05) is 15.9 Å². The third-order valence-corrected chi connectivity index (χ3v) is 5.50. The van der Waals surface area contributed by atoms with Crippen LogP contribution in [0.5, 0.6) is 5.75 Å². The number of hydrogen-bond acceptors (Lipinski definition) is 3. The maximum atomic E-state index is 6.25. The van der Waals surface area contributed by atoms with Crippen molar-refractivity contribution in [2.75, 3.05) is 0 Å². The first-order valence-corrected chi connectivity index (χ1v) is 8.06. The average Bonchev–Trinajstić information content (AvgIpc) is 2.76. The number of hydrogen-bond donors (Lipinski definition) is 1. The minimum absolute atomic E-state index is 0.0187. The number of thiophene rings is 1. The van der Waals surface area contributed by atoms with Crippen molar-refractivity contribution in [3.8, 4) is 5.75 Å². The molecule has 0 fully saturated rings. The summed E-state index contributed by atoms with van der Waals surface area (Å²) in [5, 5.41) is 2.06. The number of nitrogens with two attached hydrogens (primary N) is 1. The Morgan fingerprint density at radius 1 is 1.28 bits per heavy atom. The molecule has 2 nitrogen and oxygen atoms in total.